The minimum Gasteiger partial charge on any atom is -0.333 e. The van der Waals surface area contributed by atoms with Crippen molar-refractivity contribution in [3.63, 3.8) is 0 Å². The van der Waals surface area contributed by atoms with Gasteiger partial charge >= 0.3 is 0 Å². The second-order valence-electron chi connectivity index (χ2n) is 5.61. The third-order valence-corrected chi connectivity index (χ3v) is 5.16. The summed E-state index contributed by atoms with van der Waals surface area (Å²) in [5, 5.41) is 11.0. The number of halogens is 1. The summed E-state index contributed by atoms with van der Waals surface area (Å²) in [5.41, 5.74) is 4.24. The van der Waals surface area contributed by atoms with Crippen molar-refractivity contribution in [1.29, 1.82) is 5.26 Å². The minimum absolute atomic E-state index is 0.687. The Morgan fingerprint density at radius 1 is 1.36 bits per heavy atom. The number of fused-ring (bicyclic) bond motifs is 1. The van der Waals surface area contributed by atoms with E-state index >= 15 is 0 Å². The van der Waals surface area contributed by atoms with E-state index in [1.54, 1.807) is 11.8 Å². The lowest BCUT2D eigenvalue weighted by Crippen LogP contribution is -3.08. The fourth-order valence-corrected chi connectivity index (χ4v) is 3.67. The molecule has 0 saturated carbocycles. The molecule has 0 bridgehead atoms. The van der Waals surface area contributed by atoms with E-state index in [4.69, 9.17) is 16.6 Å². The molecule has 112 valence electrons. The number of nitrogens with one attached hydrogen (secondary N) is 1. The van der Waals surface area contributed by atoms with Gasteiger partial charge in [-0.2, -0.15) is 5.26 Å². The molecule has 0 amide bonds. The first kappa shape index (κ1) is 15.4. The van der Waals surface area contributed by atoms with Gasteiger partial charge in [0.25, 0.3) is 0 Å². The van der Waals surface area contributed by atoms with E-state index in [1.807, 2.05) is 30.3 Å². The lowest BCUT2D eigenvalue weighted by atomic mass is 10.0. The molecule has 1 N–H and O–H groups in total. The van der Waals surface area contributed by atoms with Gasteiger partial charge in [-0.25, -0.2) is 4.98 Å². The first-order valence-electron chi connectivity index (χ1n) is 7.27. The third-order valence-electron chi connectivity index (χ3n) is 3.85. The zero-order valence-electron chi connectivity index (χ0n) is 12.4. The molecule has 0 radical (unpaired) electrons. The molecular weight excluding hydrogens is 314 g/mol. The van der Waals surface area contributed by atoms with Crippen LogP contribution in [0.1, 0.15) is 22.4 Å². The fourth-order valence-electron chi connectivity index (χ4n) is 2.61. The van der Waals surface area contributed by atoms with Crippen LogP contribution in [0.25, 0.3) is 0 Å². The number of quaternary nitrogens is 1. The summed E-state index contributed by atoms with van der Waals surface area (Å²) in [6.07, 6.45) is 0.987. The van der Waals surface area contributed by atoms with E-state index in [0.29, 0.717) is 5.56 Å². The fraction of sp³-hybridized carbons (Fsp3) is 0.294. The van der Waals surface area contributed by atoms with Crippen LogP contribution in [-0.4, -0.2) is 18.6 Å². The molecule has 0 spiro atoms. The van der Waals surface area contributed by atoms with E-state index in [-0.39, 0.29) is 0 Å². The van der Waals surface area contributed by atoms with Gasteiger partial charge in [0.15, 0.2) is 0 Å². The summed E-state index contributed by atoms with van der Waals surface area (Å²) in [4.78, 5) is 6.22. The quantitative estimate of drug-likeness (QED) is 0.879. The molecule has 0 saturated heterocycles. The highest BCUT2D eigenvalue weighted by molar-refractivity contribution is 7.98. The highest BCUT2D eigenvalue weighted by atomic mass is 35.5. The van der Waals surface area contributed by atoms with Gasteiger partial charge in [0.2, 0.25) is 0 Å². The smallest absolute Gasteiger partial charge is 0.114 e. The van der Waals surface area contributed by atoms with Crippen molar-refractivity contribution < 1.29 is 4.90 Å². The van der Waals surface area contributed by atoms with Crippen molar-refractivity contribution in [2.45, 2.75) is 23.7 Å². The summed E-state index contributed by atoms with van der Waals surface area (Å²) in [6.45, 7) is 2.06. The van der Waals surface area contributed by atoms with Crippen LogP contribution in [0.3, 0.4) is 0 Å². The zero-order valence-corrected chi connectivity index (χ0v) is 14.0. The number of thioether (sulfide) groups is 1. The van der Waals surface area contributed by atoms with E-state index in [1.165, 1.54) is 16.0 Å². The van der Waals surface area contributed by atoms with Gasteiger partial charge in [-0.3, -0.25) is 0 Å². The molecule has 1 atom stereocenters. The topological polar surface area (TPSA) is 41.1 Å². The predicted molar refractivity (Wildman–Crippen MR) is 89.1 cm³/mol. The lowest BCUT2D eigenvalue weighted by molar-refractivity contribution is -0.895. The molecule has 1 aromatic carbocycles. The van der Waals surface area contributed by atoms with Gasteiger partial charge in [-0.1, -0.05) is 23.7 Å². The molecule has 1 aliphatic rings. The number of nitrogens with zero attached hydrogens (tertiary/aromatic N) is 2. The Labute approximate surface area is 139 Å². The van der Waals surface area contributed by atoms with Gasteiger partial charge in [0.05, 0.1) is 24.8 Å². The standard InChI is InChI=1S/C17H16ClN3S/c1-21-7-6-16-14(10-21)8-13(9-19)17(20-16)22-11-12-2-4-15(18)5-3-12/h2-5,8H,6-7,10-11H2,1H3/p+1. The van der Waals surface area contributed by atoms with Crippen LogP contribution in [0.4, 0.5) is 0 Å². The Kier molecular flexibility index (Phi) is 4.68. The van der Waals surface area contributed by atoms with Gasteiger partial charge < -0.3 is 4.90 Å². The Bertz CT molecular complexity index is 722. The summed E-state index contributed by atoms with van der Waals surface area (Å²) in [7, 11) is 2.18. The molecular formula is C17H17ClN3S+. The average Bonchev–Trinajstić information content (AvgIpc) is 2.53. The first-order chi connectivity index (χ1) is 10.7. The molecule has 22 heavy (non-hydrogen) atoms. The second kappa shape index (κ2) is 6.70. The number of nitriles is 1. The number of aromatic nitrogens is 1. The number of likely N-dealkylation sites (N-methyl/N-ethyl adjacent to an activating group) is 1. The summed E-state index contributed by atoms with van der Waals surface area (Å²) < 4.78 is 0. The molecule has 2 aromatic rings. The SMILES string of the molecule is C[NH+]1CCc2nc(SCc3ccc(Cl)cc3)c(C#N)cc2C1. The monoisotopic (exact) mass is 330 g/mol. The highest BCUT2D eigenvalue weighted by Crippen LogP contribution is 2.27. The summed E-state index contributed by atoms with van der Waals surface area (Å²) in [6, 6.07) is 12.1. The Morgan fingerprint density at radius 3 is 2.86 bits per heavy atom. The zero-order chi connectivity index (χ0) is 15.5. The maximum Gasteiger partial charge on any atom is 0.114 e. The van der Waals surface area contributed by atoms with Crippen LogP contribution in [-0.2, 0) is 18.7 Å². The van der Waals surface area contributed by atoms with Crippen molar-refractivity contribution in [1.82, 2.24) is 4.98 Å². The van der Waals surface area contributed by atoms with Gasteiger partial charge in [-0.15, -0.1) is 11.8 Å². The van der Waals surface area contributed by atoms with Crippen molar-refractivity contribution in [2.24, 2.45) is 0 Å². The summed E-state index contributed by atoms with van der Waals surface area (Å²) >= 11 is 7.52. The molecule has 3 nitrogen and oxygen atoms in total. The summed E-state index contributed by atoms with van der Waals surface area (Å²) in [5.74, 6) is 0.794. The number of hydrogen-bond acceptors (Lipinski definition) is 3. The van der Waals surface area contributed by atoms with Crippen LogP contribution in [0.15, 0.2) is 35.4 Å². The van der Waals surface area contributed by atoms with E-state index in [0.717, 1.165) is 41.0 Å². The van der Waals surface area contributed by atoms with Gasteiger partial charge in [0.1, 0.15) is 17.6 Å². The maximum atomic E-state index is 9.39. The van der Waals surface area contributed by atoms with Crippen molar-refractivity contribution in [2.75, 3.05) is 13.6 Å². The Balaban J connectivity index is 1.81. The molecule has 1 unspecified atom stereocenters. The molecule has 5 heteroatoms. The molecule has 3 rings (SSSR count). The first-order valence-corrected chi connectivity index (χ1v) is 8.63. The van der Waals surface area contributed by atoms with Gasteiger partial charge in [-0.05, 0) is 23.8 Å². The Morgan fingerprint density at radius 2 is 2.14 bits per heavy atom. The van der Waals surface area contributed by atoms with Crippen LogP contribution in [0.5, 0.6) is 0 Å². The third kappa shape index (κ3) is 3.44. The number of hydrogen-bond donors (Lipinski definition) is 1. The van der Waals surface area contributed by atoms with Crippen LogP contribution < -0.4 is 4.90 Å². The van der Waals surface area contributed by atoms with Crippen molar-refractivity contribution >= 4 is 23.4 Å². The molecule has 1 aromatic heterocycles. The number of rotatable bonds is 3. The lowest BCUT2D eigenvalue weighted by Gasteiger charge is -2.22. The molecule has 1 aliphatic heterocycles. The average molecular weight is 331 g/mol. The molecule has 2 heterocycles. The normalized spacial score (nSPS) is 16.9. The largest absolute Gasteiger partial charge is 0.333 e. The number of pyridine rings is 1. The van der Waals surface area contributed by atoms with Crippen LogP contribution in [0, 0.1) is 11.3 Å². The minimum atomic E-state index is 0.687. The second-order valence-corrected chi connectivity index (χ2v) is 7.01. The van der Waals surface area contributed by atoms with E-state index in [2.05, 4.69) is 13.1 Å². The maximum absolute atomic E-state index is 9.39. The van der Waals surface area contributed by atoms with Crippen LogP contribution >= 0.6 is 23.4 Å². The molecule has 0 aliphatic carbocycles. The number of benzene rings is 1. The van der Waals surface area contributed by atoms with Crippen LogP contribution in [0.2, 0.25) is 5.02 Å². The van der Waals surface area contributed by atoms with E-state index in [9.17, 15) is 5.26 Å². The molecule has 0 fully saturated rings. The van der Waals surface area contributed by atoms with Crippen molar-refractivity contribution in [3.05, 3.63) is 57.7 Å². The highest BCUT2D eigenvalue weighted by Gasteiger charge is 2.20. The van der Waals surface area contributed by atoms with Crippen molar-refractivity contribution in [3.8, 4) is 6.07 Å². The Hall–Kier alpha value is -1.54. The van der Waals surface area contributed by atoms with Gasteiger partial charge in [0, 0.05) is 22.8 Å². The predicted octanol–water partition coefficient (Wildman–Crippen LogP) is 2.47. The van der Waals surface area contributed by atoms with E-state index < -0.39 is 0 Å².